The van der Waals surface area contributed by atoms with Crippen LogP contribution in [0.15, 0.2) is 11.6 Å². The molecule has 5 heteroatoms. The number of esters is 2. The lowest BCUT2D eigenvalue weighted by Crippen LogP contribution is -2.21. The van der Waals surface area contributed by atoms with Crippen LogP contribution >= 0.6 is 0 Å². The maximum atomic E-state index is 11.5. The lowest BCUT2D eigenvalue weighted by molar-refractivity contribution is -0.147. The standard InChI is InChI=1S/C24H42O5/c1-4-6-9-12-21(26)17-15-20-16-18-23(29-19(3)25)22(20)13-10-7-8-11-14-24(27)28-5-2/h15,21-23,26H,4-14,16-18H2,1-3H3/t21?,22-,23-/m1/s1. The third kappa shape index (κ3) is 11.4. The molecule has 0 heterocycles. The molecule has 1 unspecified atom stereocenters. The maximum absolute atomic E-state index is 11.5. The van der Waals surface area contributed by atoms with Crippen LogP contribution in [0, 0.1) is 5.92 Å². The minimum absolute atomic E-state index is 0.0319. The van der Waals surface area contributed by atoms with E-state index in [1.165, 1.54) is 25.3 Å². The van der Waals surface area contributed by atoms with Gasteiger partial charge in [-0.05, 0) is 45.4 Å². The first-order valence-electron chi connectivity index (χ1n) is 11.7. The first-order chi connectivity index (χ1) is 14.0. The second kappa shape index (κ2) is 15.5. The van der Waals surface area contributed by atoms with E-state index in [1.54, 1.807) is 0 Å². The molecule has 0 aromatic carbocycles. The summed E-state index contributed by atoms with van der Waals surface area (Å²) in [7, 11) is 0. The largest absolute Gasteiger partial charge is 0.466 e. The SMILES string of the molecule is CCCCCC(O)CC=C1CC[C@@H](OC(C)=O)[C@@H]1CCCCCCC(=O)OCC. The highest BCUT2D eigenvalue weighted by atomic mass is 16.5. The molecule has 0 amide bonds. The van der Waals surface area contributed by atoms with Crippen molar-refractivity contribution in [2.24, 2.45) is 5.92 Å². The minimum Gasteiger partial charge on any atom is -0.466 e. The van der Waals surface area contributed by atoms with Crippen LogP contribution in [0.1, 0.15) is 104 Å². The molecule has 5 nitrogen and oxygen atoms in total. The Morgan fingerprint density at radius 3 is 2.59 bits per heavy atom. The van der Waals surface area contributed by atoms with E-state index in [9.17, 15) is 14.7 Å². The lowest BCUT2D eigenvalue weighted by Gasteiger charge is -2.21. The molecule has 0 aromatic heterocycles. The van der Waals surface area contributed by atoms with Crippen LogP contribution in [0.25, 0.3) is 0 Å². The molecular formula is C24H42O5. The minimum atomic E-state index is -0.273. The van der Waals surface area contributed by atoms with Crippen LogP contribution < -0.4 is 0 Å². The zero-order valence-electron chi connectivity index (χ0n) is 18.8. The van der Waals surface area contributed by atoms with Crippen LogP contribution in [0.4, 0.5) is 0 Å². The predicted octanol–water partition coefficient (Wildman–Crippen LogP) is 5.49. The molecule has 0 saturated heterocycles. The quantitative estimate of drug-likeness (QED) is 0.219. The molecule has 168 valence electrons. The molecule has 3 atom stereocenters. The van der Waals surface area contributed by atoms with Gasteiger partial charge in [-0.2, -0.15) is 0 Å². The molecule has 0 spiro atoms. The van der Waals surface area contributed by atoms with Crippen LogP contribution in [-0.2, 0) is 19.1 Å². The van der Waals surface area contributed by atoms with Gasteiger partial charge in [-0.15, -0.1) is 0 Å². The number of carbonyl (C=O) groups excluding carboxylic acids is 2. The summed E-state index contributed by atoms with van der Waals surface area (Å²) in [5.41, 5.74) is 1.34. The molecule has 1 saturated carbocycles. The summed E-state index contributed by atoms with van der Waals surface area (Å²) in [6.45, 7) is 5.92. The molecule has 1 N–H and O–H groups in total. The van der Waals surface area contributed by atoms with Gasteiger partial charge in [0, 0.05) is 19.3 Å². The van der Waals surface area contributed by atoms with Crippen LogP contribution in [0.5, 0.6) is 0 Å². The second-order valence-electron chi connectivity index (χ2n) is 8.22. The van der Waals surface area contributed by atoms with Gasteiger partial charge in [-0.1, -0.05) is 57.1 Å². The number of aliphatic hydroxyl groups is 1. The number of hydrogen-bond donors (Lipinski definition) is 1. The molecule has 0 aromatic rings. The normalized spacial score (nSPS) is 21.3. The summed E-state index contributed by atoms with van der Waals surface area (Å²) in [6, 6.07) is 0. The van der Waals surface area contributed by atoms with E-state index in [0.717, 1.165) is 57.8 Å². The van der Waals surface area contributed by atoms with Gasteiger partial charge in [0.15, 0.2) is 0 Å². The fraction of sp³-hybridized carbons (Fsp3) is 0.833. The summed E-state index contributed by atoms with van der Waals surface area (Å²) in [5.74, 6) is -0.0528. The molecule has 0 bridgehead atoms. The Balaban J connectivity index is 2.44. The van der Waals surface area contributed by atoms with Crippen molar-refractivity contribution in [2.75, 3.05) is 6.61 Å². The molecule has 0 aliphatic heterocycles. The Kier molecular flexibility index (Phi) is 13.7. The van der Waals surface area contributed by atoms with E-state index in [-0.39, 0.29) is 30.1 Å². The van der Waals surface area contributed by atoms with Gasteiger partial charge in [0.1, 0.15) is 6.10 Å². The van der Waals surface area contributed by atoms with Crippen molar-refractivity contribution in [3.05, 3.63) is 11.6 Å². The van der Waals surface area contributed by atoms with Gasteiger partial charge in [0.2, 0.25) is 0 Å². The summed E-state index contributed by atoms with van der Waals surface area (Å²) in [6.07, 6.45) is 14.2. The third-order valence-corrected chi connectivity index (χ3v) is 5.70. The molecule has 1 rings (SSSR count). The van der Waals surface area contributed by atoms with Gasteiger partial charge in [-0.25, -0.2) is 0 Å². The summed E-state index contributed by atoms with van der Waals surface area (Å²) >= 11 is 0. The Hall–Kier alpha value is -1.36. The average Bonchev–Trinajstić information content (AvgIpc) is 3.04. The Morgan fingerprint density at radius 1 is 1.14 bits per heavy atom. The van der Waals surface area contributed by atoms with E-state index < -0.39 is 0 Å². The molecule has 0 radical (unpaired) electrons. The number of rotatable bonds is 15. The van der Waals surface area contributed by atoms with Gasteiger partial charge in [0.25, 0.3) is 0 Å². The number of aliphatic hydroxyl groups excluding tert-OH is 1. The number of unbranched alkanes of at least 4 members (excludes halogenated alkanes) is 5. The fourth-order valence-electron chi connectivity index (χ4n) is 4.17. The Labute approximate surface area is 177 Å². The van der Waals surface area contributed by atoms with Crippen LogP contribution in [0.3, 0.4) is 0 Å². The number of carbonyl (C=O) groups is 2. The fourth-order valence-corrected chi connectivity index (χ4v) is 4.17. The molecule has 1 aliphatic rings. The van der Waals surface area contributed by atoms with Crippen molar-refractivity contribution < 1.29 is 24.2 Å². The highest BCUT2D eigenvalue weighted by Crippen LogP contribution is 2.38. The van der Waals surface area contributed by atoms with E-state index >= 15 is 0 Å². The zero-order chi connectivity index (χ0) is 21.5. The molecule has 1 fully saturated rings. The van der Waals surface area contributed by atoms with Crippen molar-refractivity contribution in [1.29, 1.82) is 0 Å². The van der Waals surface area contributed by atoms with Crippen LogP contribution in [-0.4, -0.2) is 35.9 Å². The lowest BCUT2D eigenvalue weighted by atomic mass is 9.92. The van der Waals surface area contributed by atoms with Gasteiger partial charge < -0.3 is 14.6 Å². The van der Waals surface area contributed by atoms with E-state index in [1.807, 2.05) is 6.92 Å². The monoisotopic (exact) mass is 410 g/mol. The van der Waals surface area contributed by atoms with Gasteiger partial charge in [-0.3, -0.25) is 9.59 Å². The summed E-state index contributed by atoms with van der Waals surface area (Å²) in [5, 5.41) is 10.2. The molecule has 1 aliphatic carbocycles. The first-order valence-corrected chi connectivity index (χ1v) is 11.7. The predicted molar refractivity (Wildman–Crippen MR) is 115 cm³/mol. The third-order valence-electron chi connectivity index (χ3n) is 5.70. The first kappa shape index (κ1) is 25.7. The van der Waals surface area contributed by atoms with Crippen molar-refractivity contribution >= 4 is 11.9 Å². The second-order valence-corrected chi connectivity index (χ2v) is 8.22. The number of ether oxygens (including phenoxy) is 2. The molecule has 29 heavy (non-hydrogen) atoms. The highest BCUT2D eigenvalue weighted by Gasteiger charge is 2.33. The maximum Gasteiger partial charge on any atom is 0.305 e. The van der Waals surface area contributed by atoms with E-state index in [0.29, 0.717) is 19.4 Å². The topological polar surface area (TPSA) is 72.8 Å². The van der Waals surface area contributed by atoms with E-state index in [2.05, 4.69) is 13.0 Å². The highest BCUT2D eigenvalue weighted by molar-refractivity contribution is 5.69. The Bertz CT molecular complexity index is 499. The van der Waals surface area contributed by atoms with Crippen molar-refractivity contribution in [3.63, 3.8) is 0 Å². The molecular weight excluding hydrogens is 368 g/mol. The van der Waals surface area contributed by atoms with Gasteiger partial charge >= 0.3 is 11.9 Å². The van der Waals surface area contributed by atoms with Crippen molar-refractivity contribution in [1.82, 2.24) is 0 Å². The Morgan fingerprint density at radius 2 is 1.90 bits per heavy atom. The van der Waals surface area contributed by atoms with Crippen LogP contribution in [0.2, 0.25) is 0 Å². The zero-order valence-corrected chi connectivity index (χ0v) is 18.8. The average molecular weight is 411 g/mol. The number of hydrogen-bond acceptors (Lipinski definition) is 5. The van der Waals surface area contributed by atoms with E-state index in [4.69, 9.17) is 9.47 Å². The summed E-state index contributed by atoms with van der Waals surface area (Å²) in [4.78, 5) is 22.9. The van der Waals surface area contributed by atoms with Gasteiger partial charge in [0.05, 0.1) is 12.7 Å². The summed E-state index contributed by atoms with van der Waals surface area (Å²) < 4.78 is 10.5. The van der Waals surface area contributed by atoms with Crippen molar-refractivity contribution in [2.45, 2.75) is 116 Å². The van der Waals surface area contributed by atoms with Crippen molar-refractivity contribution in [3.8, 4) is 0 Å². The smallest absolute Gasteiger partial charge is 0.305 e.